The van der Waals surface area contributed by atoms with E-state index in [4.69, 9.17) is 14.6 Å². The van der Waals surface area contributed by atoms with Crippen molar-refractivity contribution in [1.29, 1.82) is 0 Å². The first-order valence-electron chi connectivity index (χ1n) is 14.5. The van der Waals surface area contributed by atoms with Gasteiger partial charge in [-0.05, 0) is 88.9 Å². The van der Waals surface area contributed by atoms with E-state index in [0.29, 0.717) is 29.2 Å². The second-order valence-electron chi connectivity index (χ2n) is 11.2. The average Bonchev–Trinajstić information content (AvgIpc) is 3.01. The van der Waals surface area contributed by atoms with Gasteiger partial charge in [-0.3, -0.25) is 14.5 Å². The van der Waals surface area contributed by atoms with Crippen molar-refractivity contribution in [1.82, 2.24) is 14.7 Å². The summed E-state index contributed by atoms with van der Waals surface area (Å²) >= 11 is 0. The van der Waals surface area contributed by atoms with Gasteiger partial charge in [0.15, 0.2) is 11.5 Å². The lowest BCUT2D eigenvalue weighted by molar-refractivity contribution is -0.123. The van der Waals surface area contributed by atoms with E-state index in [1.165, 1.54) is 5.01 Å². The van der Waals surface area contributed by atoms with Crippen LogP contribution in [0.15, 0.2) is 59.7 Å². The molecule has 0 radical (unpaired) electrons. The summed E-state index contributed by atoms with van der Waals surface area (Å²) in [6, 6.07) is 13.0. The molecule has 1 aliphatic carbocycles. The van der Waals surface area contributed by atoms with E-state index in [-0.39, 0.29) is 23.7 Å². The van der Waals surface area contributed by atoms with Gasteiger partial charge in [0.2, 0.25) is 0 Å². The Bertz CT molecular complexity index is 1300. The number of allylic oxidation sites excluding steroid dienone is 2. The maximum Gasteiger partial charge on any atom is 0.253 e. The highest BCUT2D eigenvalue weighted by molar-refractivity contribution is 6.11. The highest BCUT2D eigenvalue weighted by Crippen LogP contribution is 2.38. The van der Waals surface area contributed by atoms with E-state index in [2.05, 4.69) is 36.0 Å². The number of piperazine rings is 1. The Hall–Kier alpha value is -3.69. The Kier molecular flexibility index (Phi) is 9.05. The molecule has 2 aromatic carbocycles. The van der Waals surface area contributed by atoms with Gasteiger partial charge in [-0.25, -0.2) is 5.01 Å². The van der Waals surface area contributed by atoms with Crippen LogP contribution in [-0.2, 0) is 4.79 Å². The number of fused-ring (bicyclic) bond motifs is 1. The third kappa shape index (κ3) is 6.31. The number of anilines is 1. The van der Waals surface area contributed by atoms with Gasteiger partial charge < -0.3 is 19.3 Å². The van der Waals surface area contributed by atoms with Crippen molar-refractivity contribution in [2.75, 3.05) is 72.6 Å². The number of methoxy groups -OCH3 is 2. The van der Waals surface area contributed by atoms with Crippen LogP contribution in [0, 0.1) is 11.8 Å². The lowest BCUT2D eigenvalue weighted by atomic mass is 9.76. The minimum absolute atomic E-state index is 0.00995. The zero-order valence-corrected chi connectivity index (χ0v) is 24.6. The number of carbonyl (C=O) groups is 2. The lowest BCUT2D eigenvalue weighted by Gasteiger charge is -2.37. The molecule has 3 aliphatic rings. The number of amides is 2. The molecule has 0 N–H and O–H groups in total. The Labute approximate surface area is 243 Å². The van der Waals surface area contributed by atoms with E-state index in [1.807, 2.05) is 47.4 Å². The number of rotatable bonds is 9. The minimum atomic E-state index is -0.198. The molecule has 0 unspecified atom stereocenters. The molecule has 0 saturated carbocycles. The molecule has 1 saturated heterocycles. The van der Waals surface area contributed by atoms with Crippen LogP contribution in [0.1, 0.15) is 35.2 Å². The third-order valence-corrected chi connectivity index (χ3v) is 8.29. The molecule has 1 fully saturated rings. The van der Waals surface area contributed by atoms with Gasteiger partial charge in [-0.2, -0.15) is 5.10 Å². The van der Waals surface area contributed by atoms with Crippen molar-refractivity contribution in [3.8, 4) is 11.5 Å². The molecule has 5 rings (SSSR count). The maximum absolute atomic E-state index is 13.6. The maximum atomic E-state index is 13.6. The normalized spacial score (nSPS) is 21.1. The number of hydrogen-bond acceptors (Lipinski definition) is 7. The molecule has 9 nitrogen and oxygen atoms in total. The van der Waals surface area contributed by atoms with E-state index in [1.54, 1.807) is 14.2 Å². The van der Waals surface area contributed by atoms with Gasteiger partial charge in [-0.15, -0.1) is 0 Å². The Balaban J connectivity index is 1.32. The third-order valence-electron chi connectivity index (χ3n) is 8.29. The first-order valence-corrected chi connectivity index (χ1v) is 14.5. The van der Waals surface area contributed by atoms with Gasteiger partial charge in [0.25, 0.3) is 11.8 Å². The predicted octanol–water partition coefficient (Wildman–Crippen LogP) is 3.75. The highest BCUT2D eigenvalue weighted by atomic mass is 16.5. The summed E-state index contributed by atoms with van der Waals surface area (Å²) < 4.78 is 11.0. The van der Waals surface area contributed by atoms with Gasteiger partial charge in [0.1, 0.15) is 0 Å². The summed E-state index contributed by atoms with van der Waals surface area (Å²) in [6.07, 6.45) is 6.77. The van der Waals surface area contributed by atoms with Crippen molar-refractivity contribution in [3.63, 3.8) is 0 Å². The monoisotopic (exact) mass is 559 g/mol. The fraction of sp³-hybridized carbons (Fsp3) is 0.469. The smallest absolute Gasteiger partial charge is 0.253 e. The van der Waals surface area contributed by atoms with Gasteiger partial charge in [-0.1, -0.05) is 12.2 Å². The van der Waals surface area contributed by atoms with Crippen molar-refractivity contribution in [2.45, 2.75) is 19.3 Å². The van der Waals surface area contributed by atoms with E-state index in [9.17, 15) is 9.59 Å². The predicted molar refractivity (Wildman–Crippen MR) is 161 cm³/mol. The molecule has 2 atom stereocenters. The molecule has 2 amide bonds. The zero-order valence-electron chi connectivity index (χ0n) is 24.6. The van der Waals surface area contributed by atoms with Crippen molar-refractivity contribution in [3.05, 3.63) is 65.7 Å². The van der Waals surface area contributed by atoms with Crippen LogP contribution in [0.4, 0.5) is 5.69 Å². The number of benzene rings is 2. The second-order valence-corrected chi connectivity index (χ2v) is 11.2. The SMILES string of the molecule is COc1ccc(C2=NN(c3ccc(C(=O)N4CCN(CCCN(C)C)CC4)cc3)C(=O)[C@@H]3CC=CC[C@H]23)cc1OC. The highest BCUT2D eigenvalue weighted by Gasteiger charge is 2.40. The quantitative estimate of drug-likeness (QED) is 0.436. The van der Waals surface area contributed by atoms with E-state index in [0.717, 1.165) is 63.4 Å². The molecular weight excluding hydrogens is 518 g/mol. The summed E-state index contributed by atoms with van der Waals surface area (Å²) in [5, 5.41) is 6.40. The zero-order chi connectivity index (χ0) is 28.9. The standard InChI is InChI=1S/C32H41N5O4/c1-34(2)16-7-17-35-18-20-36(21-19-35)31(38)23-10-13-25(14-11-23)37-32(39)27-9-6-5-8-26(27)30(33-37)24-12-15-28(40-3)29(22-24)41-4/h5-6,10-15,22,26-27H,7-9,16-21H2,1-4H3/t26-,27+/m0/s1. The number of nitrogens with zero attached hydrogens (tertiary/aromatic N) is 5. The van der Waals surface area contributed by atoms with Crippen LogP contribution in [-0.4, -0.2) is 99.8 Å². The van der Waals surface area contributed by atoms with Crippen LogP contribution in [0.5, 0.6) is 11.5 Å². The van der Waals surface area contributed by atoms with Crippen molar-refractivity contribution < 1.29 is 19.1 Å². The minimum Gasteiger partial charge on any atom is -0.493 e. The molecule has 41 heavy (non-hydrogen) atoms. The largest absolute Gasteiger partial charge is 0.493 e. The average molecular weight is 560 g/mol. The molecular formula is C32H41N5O4. The summed E-state index contributed by atoms with van der Waals surface area (Å²) in [4.78, 5) is 33.4. The lowest BCUT2D eigenvalue weighted by Crippen LogP contribution is -2.49. The Morgan fingerprint density at radius 2 is 1.61 bits per heavy atom. The molecule has 9 heteroatoms. The van der Waals surface area contributed by atoms with Crippen LogP contribution < -0.4 is 14.5 Å². The van der Waals surface area contributed by atoms with Crippen LogP contribution in [0.3, 0.4) is 0 Å². The Morgan fingerprint density at radius 3 is 2.27 bits per heavy atom. The summed E-state index contributed by atoms with van der Waals surface area (Å²) in [7, 11) is 7.41. The van der Waals surface area contributed by atoms with Gasteiger partial charge >= 0.3 is 0 Å². The van der Waals surface area contributed by atoms with Crippen LogP contribution in [0.25, 0.3) is 0 Å². The molecule has 218 valence electrons. The first kappa shape index (κ1) is 28.8. The fourth-order valence-electron chi connectivity index (χ4n) is 5.94. The number of hydrogen-bond donors (Lipinski definition) is 0. The van der Waals surface area contributed by atoms with Crippen molar-refractivity contribution in [2.24, 2.45) is 16.9 Å². The topological polar surface area (TPSA) is 77.9 Å². The van der Waals surface area contributed by atoms with Gasteiger partial charge in [0, 0.05) is 43.2 Å². The van der Waals surface area contributed by atoms with E-state index < -0.39 is 0 Å². The number of ether oxygens (including phenoxy) is 2. The van der Waals surface area contributed by atoms with E-state index >= 15 is 0 Å². The van der Waals surface area contributed by atoms with Crippen LogP contribution >= 0.6 is 0 Å². The summed E-state index contributed by atoms with van der Waals surface area (Å²) in [5.74, 6) is 1.07. The molecule has 0 aromatic heterocycles. The molecule has 2 heterocycles. The van der Waals surface area contributed by atoms with Crippen molar-refractivity contribution >= 4 is 23.2 Å². The fourth-order valence-corrected chi connectivity index (χ4v) is 5.94. The molecule has 0 bridgehead atoms. The van der Waals surface area contributed by atoms with Crippen LogP contribution in [0.2, 0.25) is 0 Å². The molecule has 0 spiro atoms. The number of carbonyl (C=O) groups excluding carboxylic acids is 2. The summed E-state index contributed by atoms with van der Waals surface area (Å²) in [6.45, 7) is 5.37. The first-order chi connectivity index (χ1) is 19.9. The van der Waals surface area contributed by atoms with Gasteiger partial charge in [0.05, 0.1) is 31.5 Å². The second kappa shape index (κ2) is 12.9. The molecule has 2 aromatic rings. The Morgan fingerprint density at radius 1 is 0.927 bits per heavy atom. The molecule has 2 aliphatic heterocycles. The summed E-state index contributed by atoms with van der Waals surface area (Å²) in [5.41, 5.74) is 3.03. The number of hydrazone groups is 1.